The molecule has 0 saturated carbocycles. The SMILES string of the molecule is CC(C)(C)NC(=O)OC1CCN(C2CCNCC2)C1=O. The number of rotatable bonds is 2. The molecule has 2 amide bonds. The fraction of sp³-hybridized carbons (Fsp3) is 0.857. The third kappa shape index (κ3) is 3.85. The molecule has 2 saturated heterocycles. The molecule has 0 radical (unpaired) electrons. The van der Waals surface area contributed by atoms with Crippen molar-refractivity contribution in [2.75, 3.05) is 19.6 Å². The molecule has 2 aliphatic heterocycles. The van der Waals surface area contributed by atoms with E-state index in [2.05, 4.69) is 10.6 Å². The standard InChI is InChI=1S/C14H25N3O3/c1-14(2,3)16-13(19)20-11-6-9-17(12(11)18)10-4-7-15-8-5-10/h10-11,15H,4-9H2,1-3H3,(H,16,19). The molecule has 0 aromatic carbocycles. The summed E-state index contributed by atoms with van der Waals surface area (Å²) in [5.41, 5.74) is -0.354. The summed E-state index contributed by atoms with van der Waals surface area (Å²) in [5.74, 6) is -0.0408. The number of alkyl carbamates (subject to hydrolysis) is 1. The summed E-state index contributed by atoms with van der Waals surface area (Å²) in [7, 11) is 0. The molecule has 0 aromatic heterocycles. The van der Waals surface area contributed by atoms with Gasteiger partial charge in [-0.2, -0.15) is 0 Å². The number of hydrogen-bond acceptors (Lipinski definition) is 4. The number of likely N-dealkylation sites (tertiary alicyclic amines) is 1. The first-order chi connectivity index (χ1) is 9.37. The Bertz CT molecular complexity index is 372. The summed E-state index contributed by atoms with van der Waals surface area (Å²) < 4.78 is 5.26. The summed E-state index contributed by atoms with van der Waals surface area (Å²) in [6.07, 6.45) is 1.43. The summed E-state index contributed by atoms with van der Waals surface area (Å²) >= 11 is 0. The molecule has 2 rings (SSSR count). The van der Waals surface area contributed by atoms with E-state index in [-0.39, 0.29) is 11.4 Å². The highest BCUT2D eigenvalue weighted by Crippen LogP contribution is 2.22. The number of ether oxygens (including phenoxy) is 1. The van der Waals surface area contributed by atoms with Crippen molar-refractivity contribution in [3.05, 3.63) is 0 Å². The molecule has 0 aromatic rings. The van der Waals surface area contributed by atoms with E-state index in [0.29, 0.717) is 19.0 Å². The molecule has 0 spiro atoms. The number of amides is 2. The van der Waals surface area contributed by atoms with E-state index in [1.54, 1.807) is 0 Å². The largest absolute Gasteiger partial charge is 0.436 e. The number of hydrogen-bond donors (Lipinski definition) is 2. The first kappa shape index (κ1) is 15.1. The molecule has 114 valence electrons. The average molecular weight is 283 g/mol. The van der Waals surface area contributed by atoms with Gasteiger partial charge in [-0.05, 0) is 46.7 Å². The summed E-state index contributed by atoms with van der Waals surface area (Å²) in [5, 5.41) is 6.01. The van der Waals surface area contributed by atoms with Crippen LogP contribution in [0.3, 0.4) is 0 Å². The predicted molar refractivity (Wildman–Crippen MR) is 75.4 cm³/mol. The second kappa shape index (κ2) is 5.99. The monoisotopic (exact) mass is 283 g/mol. The first-order valence-corrected chi connectivity index (χ1v) is 7.37. The molecular weight excluding hydrogens is 258 g/mol. The fourth-order valence-electron chi connectivity index (χ4n) is 2.73. The van der Waals surface area contributed by atoms with Gasteiger partial charge in [0.2, 0.25) is 0 Å². The summed E-state index contributed by atoms with van der Waals surface area (Å²) in [6, 6.07) is 0.294. The minimum atomic E-state index is -0.618. The van der Waals surface area contributed by atoms with Crippen LogP contribution in [-0.4, -0.2) is 54.2 Å². The van der Waals surface area contributed by atoms with Crippen molar-refractivity contribution < 1.29 is 14.3 Å². The molecule has 6 nitrogen and oxygen atoms in total. The van der Waals surface area contributed by atoms with Gasteiger partial charge in [-0.3, -0.25) is 4.79 Å². The molecule has 0 aliphatic carbocycles. The highest BCUT2D eigenvalue weighted by molar-refractivity contribution is 5.85. The number of carbonyl (C=O) groups is 2. The Balaban J connectivity index is 1.86. The molecule has 2 aliphatic rings. The van der Waals surface area contributed by atoms with Crippen molar-refractivity contribution in [1.29, 1.82) is 0 Å². The zero-order valence-corrected chi connectivity index (χ0v) is 12.6. The van der Waals surface area contributed by atoms with Gasteiger partial charge in [0, 0.05) is 24.5 Å². The normalized spacial score (nSPS) is 24.9. The number of nitrogens with one attached hydrogen (secondary N) is 2. The predicted octanol–water partition coefficient (Wildman–Crippen LogP) is 0.864. The average Bonchev–Trinajstić information content (AvgIpc) is 2.70. The quantitative estimate of drug-likeness (QED) is 0.788. The van der Waals surface area contributed by atoms with Crippen molar-refractivity contribution in [3.63, 3.8) is 0 Å². The molecule has 1 unspecified atom stereocenters. The van der Waals surface area contributed by atoms with Crippen molar-refractivity contribution in [1.82, 2.24) is 15.5 Å². The van der Waals surface area contributed by atoms with Crippen LogP contribution in [0.2, 0.25) is 0 Å². The Morgan fingerprint density at radius 3 is 2.55 bits per heavy atom. The van der Waals surface area contributed by atoms with Crippen LogP contribution in [0.15, 0.2) is 0 Å². The van der Waals surface area contributed by atoms with Gasteiger partial charge in [0.1, 0.15) is 0 Å². The summed E-state index contributed by atoms with van der Waals surface area (Å²) in [4.78, 5) is 25.9. The van der Waals surface area contributed by atoms with Gasteiger partial charge < -0.3 is 20.3 Å². The zero-order valence-electron chi connectivity index (χ0n) is 12.6. The third-order valence-electron chi connectivity index (χ3n) is 3.67. The molecule has 1 atom stereocenters. The maximum atomic E-state index is 12.3. The van der Waals surface area contributed by atoms with E-state index in [9.17, 15) is 9.59 Å². The second-order valence-electron chi connectivity index (χ2n) is 6.57. The number of nitrogens with zero attached hydrogens (tertiary/aromatic N) is 1. The van der Waals surface area contributed by atoms with Crippen LogP contribution >= 0.6 is 0 Å². The molecular formula is C14H25N3O3. The van der Waals surface area contributed by atoms with Gasteiger partial charge in [0.25, 0.3) is 5.91 Å². The van der Waals surface area contributed by atoms with E-state index in [0.717, 1.165) is 25.9 Å². The van der Waals surface area contributed by atoms with Crippen molar-refractivity contribution in [3.8, 4) is 0 Å². The minimum Gasteiger partial charge on any atom is -0.436 e. The van der Waals surface area contributed by atoms with Gasteiger partial charge in [0.05, 0.1) is 0 Å². The van der Waals surface area contributed by atoms with Crippen LogP contribution in [0.4, 0.5) is 4.79 Å². The van der Waals surface area contributed by atoms with Crippen LogP contribution in [0, 0.1) is 0 Å². The highest BCUT2D eigenvalue weighted by atomic mass is 16.6. The molecule has 6 heteroatoms. The molecule has 2 fully saturated rings. The zero-order chi connectivity index (χ0) is 14.8. The Labute approximate surface area is 120 Å². The summed E-state index contributed by atoms with van der Waals surface area (Å²) in [6.45, 7) is 8.23. The van der Waals surface area contributed by atoms with Crippen LogP contribution < -0.4 is 10.6 Å². The lowest BCUT2D eigenvalue weighted by atomic mass is 10.1. The Morgan fingerprint density at radius 1 is 1.30 bits per heavy atom. The molecule has 2 N–H and O–H groups in total. The second-order valence-corrected chi connectivity index (χ2v) is 6.57. The Morgan fingerprint density at radius 2 is 1.95 bits per heavy atom. The first-order valence-electron chi connectivity index (χ1n) is 7.37. The number of carbonyl (C=O) groups excluding carboxylic acids is 2. The van der Waals surface area contributed by atoms with Gasteiger partial charge >= 0.3 is 6.09 Å². The van der Waals surface area contributed by atoms with E-state index >= 15 is 0 Å². The van der Waals surface area contributed by atoms with Crippen LogP contribution in [0.25, 0.3) is 0 Å². The van der Waals surface area contributed by atoms with Crippen molar-refractivity contribution in [2.24, 2.45) is 0 Å². The minimum absolute atomic E-state index is 0.0408. The number of piperidine rings is 1. The lowest BCUT2D eigenvalue weighted by Gasteiger charge is -2.31. The van der Waals surface area contributed by atoms with Gasteiger partial charge in [-0.1, -0.05) is 0 Å². The van der Waals surface area contributed by atoms with Crippen molar-refractivity contribution >= 4 is 12.0 Å². The molecule has 0 bridgehead atoms. The topological polar surface area (TPSA) is 70.7 Å². The highest BCUT2D eigenvalue weighted by Gasteiger charge is 2.38. The van der Waals surface area contributed by atoms with Gasteiger partial charge in [-0.15, -0.1) is 0 Å². The molecule has 20 heavy (non-hydrogen) atoms. The molecule has 2 heterocycles. The van der Waals surface area contributed by atoms with E-state index in [4.69, 9.17) is 4.74 Å². The smallest absolute Gasteiger partial charge is 0.408 e. The van der Waals surface area contributed by atoms with Gasteiger partial charge in [0.15, 0.2) is 6.10 Å². The van der Waals surface area contributed by atoms with E-state index in [1.807, 2.05) is 25.7 Å². The maximum absolute atomic E-state index is 12.3. The maximum Gasteiger partial charge on any atom is 0.408 e. The lowest BCUT2D eigenvalue weighted by molar-refractivity contribution is -0.137. The lowest BCUT2D eigenvalue weighted by Crippen LogP contribution is -2.46. The van der Waals surface area contributed by atoms with E-state index in [1.165, 1.54) is 0 Å². The third-order valence-corrected chi connectivity index (χ3v) is 3.67. The van der Waals surface area contributed by atoms with Crippen LogP contribution in [-0.2, 0) is 9.53 Å². The Hall–Kier alpha value is -1.30. The van der Waals surface area contributed by atoms with Crippen LogP contribution in [0.1, 0.15) is 40.0 Å². The van der Waals surface area contributed by atoms with Gasteiger partial charge in [-0.25, -0.2) is 4.79 Å². The Kier molecular flexibility index (Phi) is 4.52. The fourth-order valence-corrected chi connectivity index (χ4v) is 2.73. The van der Waals surface area contributed by atoms with Crippen LogP contribution in [0.5, 0.6) is 0 Å². The van der Waals surface area contributed by atoms with Crippen molar-refractivity contribution in [2.45, 2.75) is 57.7 Å². The van der Waals surface area contributed by atoms with E-state index < -0.39 is 12.2 Å².